The van der Waals surface area contributed by atoms with Crippen molar-refractivity contribution in [1.29, 1.82) is 0 Å². The molecule has 3 aromatic rings. The second kappa shape index (κ2) is 9.60. The molecule has 1 aliphatic heterocycles. The molecule has 0 saturated heterocycles. The molecule has 0 N–H and O–H groups in total. The van der Waals surface area contributed by atoms with Gasteiger partial charge in [-0.05, 0) is 51.2 Å². The van der Waals surface area contributed by atoms with E-state index in [9.17, 15) is 0 Å². The fourth-order valence-electron chi connectivity index (χ4n) is 6.04. The molecule has 3 aromatic heterocycles. The van der Waals surface area contributed by atoms with Crippen molar-refractivity contribution < 1.29 is 9.13 Å². The molecule has 0 saturated carbocycles. The molecule has 0 amide bonds. The smallest absolute Gasteiger partial charge is 0.252 e. The maximum atomic E-state index is 4.75. The van der Waals surface area contributed by atoms with Gasteiger partial charge in [0, 0.05) is 62.2 Å². The molecule has 4 rings (SSSR count). The lowest BCUT2D eigenvalue weighted by atomic mass is 9.89. The van der Waals surface area contributed by atoms with E-state index >= 15 is 0 Å². The predicted molar refractivity (Wildman–Crippen MR) is 143 cm³/mol. The first-order valence-electron chi connectivity index (χ1n) is 13.0. The van der Waals surface area contributed by atoms with Gasteiger partial charge >= 0.3 is 0 Å². The Bertz CT molecular complexity index is 1330. The topological polar surface area (TPSA) is 28.8 Å². The van der Waals surface area contributed by atoms with Gasteiger partial charge in [0.25, 0.3) is 5.69 Å². The van der Waals surface area contributed by atoms with Crippen LogP contribution in [0.5, 0.6) is 0 Å². The molecular weight excluding hydrogens is 430 g/mol. The number of aryl methyl sites for hydroxylation is 1. The summed E-state index contributed by atoms with van der Waals surface area (Å²) in [5.74, 6) is 1.04. The van der Waals surface area contributed by atoms with Gasteiger partial charge in [-0.15, -0.1) is 0 Å². The van der Waals surface area contributed by atoms with Gasteiger partial charge in [0.1, 0.15) is 19.8 Å². The Balaban J connectivity index is 1.99. The van der Waals surface area contributed by atoms with Gasteiger partial charge in [0.05, 0.1) is 6.42 Å². The van der Waals surface area contributed by atoms with Gasteiger partial charge in [0.2, 0.25) is 11.5 Å². The average Bonchev–Trinajstić information content (AvgIpc) is 3.45. The number of hydrogen-bond acceptors (Lipinski definition) is 2. The molecular formula is C30H43N5+2. The third-order valence-corrected chi connectivity index (χ3v) is 8.50. The van der Waals surface area contributed by atoms with Crippen molar-refractivity contribution in [2.75, 3.05) is 13.6 Å². The molecule has 0 aliphatic carbocycles. The zero-order chi connectivity index (χ0) is 25.6. The van der Waals surface area contributed by atoms with Crippen molar-refractivity contribution in [3.8, 4) is 11.5 Å². The highest BCUT2D eigenvalue weighted by molar-refractivity contribution is 5.65. The van der Waals surface area contributed by atoms with E-state index in [0.29, 0.717) is 0 Å². The van der Waals surface area contributed by atoms with Crippen LogP contribution in [0.1, 0.15) is 70.7 Å². The normalized spacial score (nSPS) is 13.7. The first-order valence-corrected chi connectivity index (χ1v) is 13.0. The van der Waals surface area contributed by atoms with Crippen molar-refractivity contribution in [1.82, 2.24) is 14.5 Å². The summed E-state index contributed by atoms with van der Waals surface area (Å²) in [5, 5.41) is 0. The zero-order valence-corrected chi connectivity index (χ0v) is 23.5. The third-order valence-electron chi connectivity index (χ3n) is 8.50. The second-order valence-electron chi connectivity index (χ2n) is 10.2. The summed E-state index contributed by atoms with van der Waals surface area (Å²) in [6.45, 7) is 14.8. The maximum Gasteiger partial charge on any atom is 0.252 e. The molecule has 0 fully saturated rings. The number of aromatic nitrogens is 4. The van der Waals surface area contributed by atoms with E-state index in [2.05, 4.69) is 94.4 Å². The predicted octanol–water partition coefficient (Wildman–Crippen LogP) is 4.36. The fraction of sp³-hybridized carbons (Fsp3) is 0.500. The fourth-order valence-corrected chi connectivity index (χ4v) is 6.04. The molecule has 0 atom stereocenters. The van der Waals surface area contributed by atoms with Crippen LogP contribution >= 0.6 is 0 Å². The lowest BCUT2D eigenvalue weighted by molar-refractivity contribution is -0.681. The van der Waals surface area contributed by atoms with E-state index in [1.807, 2.05) is 12.4 Å². The molecule has 0 radical (unpaired) electrons. The summed E-state index contributed by atoms with van der Waals surface area (Å²) in [6, 6.07) is 0. The highest BCUT2D eigenvalue weighted by Crippen LogP contribution is 2.32. The molecule has 1 aliphatic rings. The Morgan fingerprint density at radius 2 is 1.54 bits per heavy atom. The van der Waals surface area contributed by atoms with Gasteiger partial charge in [-0.1, -0.05) is 19.9 Å². The zero-order valence-electron chi connectivity index (χ0n) is 23.5. The minimum atomic E-state index is 0.922. The van der Waals surface area contributed by atoms with E-state index in [1.165, 1.54) is 61.9 Å². The minimum Gasteiger partial charge on any atom is -0.369 e. The lowest BCUT2D eigenvalue weighted by Crippen LogP contribution is -2.43. The van der Waals surface area contributed by atoms with Crippen molar-refractivity contribution in [3.05, 3.63) is 68.9 Å². The van der Waals surface area contributed by atoms with Gasteiger partial charge < -0.3 is 9.47 Å². The molecule has 0 unspecified atom stereocenters. The van der Waals surface area contributed by atoms with Crippen LogP contribution in [0.25, 0.3) is 17.2 Å². The standard InChI is InChI=1S/C30H43N5/c1-11-23-19(3)20(4)27(35(10)29(23)30-31-15-17-33(30)8)18-25-21(5)22(6)34(9)28(24(25)12-2)26-14-13-16-32(26)7/h14-15,17H,11-13,16,18H2,1-10H3/q+2. The maximum absolute atomic E-state index is 4.75. The Morgan fingerprint density at radius 3 is 2.09 bits per heavy atom. The summed E-state index contributed by atoms with van der Waals surface area (Å²) in [5.41, 5.74) is 15.3. The summed E-state index contributed by atoms with van der Waals surface area (Å²) in [4.78, 5) is 7.17. The second-order valence-corrected chi connectivity index (χ2v) is 10.2. The molecule has 4 heterocycles. The Kier molecular flexibility index (Phi) is 6.90. The van der Waals surface area contributed by atoms with Gasteiger partial charge in [-0.3, -0.25) is 0 Å². The molecule has 5 heteroatoms. The van der Waals surface area contributed by atoms with Crippen LogP contribution in [0.3, 0.4) is 0 Å². The number of pyridine rings is 2. The van der Waals surface area contributed by atoms with Crippen molar-refractivity contribution >= 4 is 5.70 Å². The number of rotatable bonds is 6. The third kappa shape index (κ3) is 3.99. The Hall–Kier alpha value is -2.95. The minimum absolute atomic E-state index is 0.922. The van der Waals surface area contributed by atoms with Crippen LogP contribution in [-0.4, -0.2) is 28.0 Å². The van der Waals surface area contributed by atoms with Crippen LogP contribution < -0.4 is 9.13 Å². The summed E-state index contributed by atoms with van der Waals surface area (Å²) >= 11 is 0. The molecule has 5 nitrogen and oxygen atoms in total. The molecule has 0 spiro atoms. The number of nitrogens with zero attached hydrogens (tertiary/aromatic N) is 5. The molecule has 186 valence electrons. The van der Waals surface area contributed by atoms with E-state index in [0.717, 1.165) is 38.1 Å². The number of imidazole rings is 1. The lowest BCUT2D eigenvalue weighted by Gasteiger charge is -2.22. The highest BCUT2D eigenvalue weighted by atomic mass is 15.1. The van der Waals surface area contributed by atoms with Crippen LogP contribution in [0.4, 0.5) is 0 Å². The van der Waals surface area contributed by atoms with Crippen LogP contribution in [-0.2, 0) is 40.4 Å². The highest BCUT2D eigenvalue weighted by Gasteiger charge is 2.33. The van der Waals surface area contributed by atoms with E-state index < -0.39 is 0 Å². The monoisotopic (exact) mass is 473 g/mol. The van der Waals surface area contributed by atoms with Crippen molar-refractivity contribution in [3.63, 3.8) is 0 Å². The first kappa shape index (κ1) is 25.2. The van der Waals surface area contributed by atoms with E-state index in [4.69, 9.17) is 4.98 Å². The summed E-state index contributed by atoms with van der Waals surface area (Å²) in [7, 11) is 8.78. The van der Waals surface area contributed by atoms with E-state index in [-0.39, 0.29) is 0 Å². The first-order chi connectivity index (χ1) is 16.6. The molecule has 0 bridgehead atoms. The summed E-state index contributed by atoms with van der Waals surface area (Å²) in [6.07, 6.45) is 10.4. The van der Waals surface area contributed by atoms with Crippen LogP contribution in [0, 0.1) is 27.7 Å². The van der Waals surface area contributed by atoms with Crippen molar-refractivity contribution in [2.45, 2.75) is 67.2 Å². The largest absolute Gasteiger partial charge is 0.369 e. The van der Waals surface area contributed by atoms with Crippen molar-refractivity contribution in [2.24, 2.45) is 21.1 Å². The average molecular weight is 474 g/mol. The Morgan fingerprint density at radius 1 is 0.857 bits per heavy atom. The van der Waals surface area contributed by atoms with Gasteiger partial charge in [-0.25, -0.2) is 4.98 Å². The van der Waals surface area contributed by atoms with Crippen LogP contribution in [0.15, 0.2) is 18.5 Å². The quantitative estimate of drug-likeness (QED) is 0.498. The van der Waals surface area contributed by atoms with Gasteiger partial charge in [0.15, 0.2) is 11.4 Å². The number of hydrogen-bond donors (Lipinski definition) is 0. The molecule has 0 aromatic carbocycles. The molecule has 35 heavy (non-hydrogen) atoms. The SMILES string of the molecule is CCc1c(Cc2c(C)c(C)c(CC)c(-c3nccn3C)[n+]2C)c(C)c(C)[n+](C)c1C1=CCCN1C. The summed E-state index contributed by atoms with van der Waals surface area (Å²) < 4.78 is 6.98. The van der Waals surface area contributed by atoms with E-state index in [1.54, 1.807) is 0 Å². The Labute approximate surface area is 211 Å². The van der Waals surface area contributed by atoms with Gasteiger partial charge in [-0.2, -0.15) is 9.13 Å². The van der Waals surface area contributed by atoms with Crippen LogP contribution in [0.2, 0.25) is 0 Å².